The lowest BCUT2D eigenvalue weighted by molar-refractivity contribution is 0.818. The number of hydrogen-bond acceptors (Lipinski definition) is 3. The van der Waals surface area contributed by atoms with Crippen LogP contribution in [0.4, 0.5) is 0 Å². The summed E-state index contributed by atoms with van der Waals surface area (Å²) >= 11 is 1.59. The van der Waals surface area contributed by atoms with E-state index in [0.29, 0.717) is 10.7 Å². The fourth-order valence-electron chi connectivity index (χ4n) is 3.68. The van der Waals surface area contributed by atoms with Crippen LogP contribution in [-0.4, -0.2) is 14.5 Å². The Bertz CT molecular complexity index is 1430. The van der Waals surface area contributed by atoms with Gasteiger partial charge in [0.25, 0.3) is 5.56 Å². The molecular formula is C25H21N3OS. The van der Waals surface area contributed by atoms with Crippen molar-refractivity contribution in [1.29, 1.82) is 0 Å². The SMILES string of the molecule is Cc1ccc(-n2c(SCc3ccccc3C)nc3c([nH]c4ccccc43)c2=O)cc1. The minimum Gasteiger partial charge on any atom is -0.349 e. The Morgan fingerprint density at radius 1 is 0.933 bits per heavy atom. The average Bonchev–Trinajstić information content (AvgIpc) is 3.13. The Morgan fingerprint density at radius 2 is 1.67 bits per heavy atom. The molecule has 0 spiro atoms. The summed E-state index contributed by atoms with van der Waals surface area (Å²) in [7, 11) is 0. The molecule has 0 radical (unpaired) electrons. The molecule has 2 aromatic heterocycles. The number of H-pyrrole nitrogens is 1. The second-order valence-corrected chi connectivity index (χ2v) is 8.42. The van der Waals surface area contributed by atoms with Crippen molar-refractivity contribution in [3.63, 3.8) is 0 Å². The van der Waals surface area contributed by atoms with Gasteiger partial charge < -0.3 is 4.98 Å². The highest BCUT2D eigenvalue weighted by molar-refractivity contribution is 7.98. The van der Waals surface area contributed by atoms with E-state index in [2.05, 4.69) is 24.0 Å². The van der Waals surface area contributed by atoms with Crippen molar-refractivity contribution in [3.8, 4) is 5.69 Å². The van der Waals surface area contributed by atoms with Gasteiger partial charge in [0.2, 0.25) is 0 Å². The molecule has 0 unspecified atom stereocenters. The zero-order valence-corrected chi connectivity index (χ0v) is 17.7. The fraction of sp³-hybridized carbons (Fsp3) is 0.120. The van der Waals surface area contributed by atoms with Crippen molar-refractivity contribution in [2.75, 3.05) is 0 Å². The molecule has 0 aliphatic rings. The van der Waals surface area contributed by atoms with Crippen LogP contribution in [0.15, 0.2) is 82.7 Å². The van der Waals surface area contributed by atoms with Crippen LogP contribution in [0, 0.1) is 13.8 Å². The van der Waals surface area contributed by atoms with Gasteiger partial charge in [0.15, 0.2) is 5.16 Å². The topological polar surface area (TPSA) is 50.7 Å². The third-order valence-corrected chi connectivity index (χ3v) is 6.39. The summed E-state index contributed by atoms with van der Waals surface area (Å²) in [6.07, 6.45) is 0. The van der Waals surface area contributed by atoms with Crippen LogP contribution >= 0.6 is 11.8 Å². The van der Waals surface area contributed by atoms with E-state index in [-0.39, 0.29) is 5.56 Å². The normalized spacial score (nSPS) is 11.4. The molecule has 5 rings (SSSR count). The van der Waals surface area contributed by atoms with Crippen LogP contribution < -0.4 is 5.56 Å². The molecule has 148 valence electrons. The molecular weight excluding hydrogens is 390 g/mol. The van der Waals surface area contributed by atoms with E-state index in [1.54, 1.807) is 16.3 Å². The zero-order valence-electron chi connectivity index (χ0n) is 16.8. The third kappa shape index (κ3) is 3.21. The largest absolute Gasteiger partial charge is 0.349 e. The minimum atomic E-state index is -0.0765. The van der Waals surface area contributed by atoms with Crippen molar-refractivity contribution in [3.05, 3.63) is 99.8 Å². The quantitative estimate of drug-likeness (QED) is 0.301. The Labute approximate surface area is 178 Å². The van der Waals surface area contributed by atoms with Crippen LogP contribution in [0.3, 0.4) is 0 Å². The highest BCUT2D eigenvalue weighted by atomic mass is 32.2. The first kappa shape index (κ1) is 18.7. The van der Waals surface area contributed by atoms with Gasteiger partial charge in [-0.05, 0) is 43.2 Å². The van der Waals surface area contributed by atoms with E-state index in [1.165, 1.54) is 11.1 Å². The molecule has 0 saturated carbocycles. The van der Waals surface area contributed by atoms with Gasteiger partial charge in [0.05, 0.1) is 5.69 Å². The summed E-state index contributed by atoms with van der Waals surface area (Å²) in [5, 5.41) is 1.67. The van der Waals surface area contributed by atoms with Crippen molar-refractivity contribution >= 4 is 33.7 Å². The number of nitrogens with one attached hydrogen (secondary N) is 1. The van der Waals surface area contributed by atoms with E-state index in [1.807, 2.05) is 67.6 Å². The van der Waals surface area contributed by atoms with E-state index >= 15 is 0 Å². The molecule has 0 fully saturated rings. The van der Waals surface area contributed by atoms with Crippen LogP contribution in [0.2, 0.25) is 0 Å². The monoisotopic (exact) mass is 411 g/mol. The van der Waals surface area contributed by atoms with Gasteiger partial charge in [-0.3, -0.25) is 9.36 Å². The summed E-state index contributed by atoms with van der Waals surface area (Å²) in [5.41, 5.74) is 6.57. The van der Waals surface area contributed by atoms with E-state index in [4.69, 9.17) is 4.98 Å². The maximum absolute atomic E-state index is 13.6. The number of rotatable bonds is 4. The smallest absolute Gasteiger partial charge is 0.283 e. The molecule has 1 N–H and O–H groups in total. The molecule has 5 aromatic rings. The first-order valence-electron chi connectivity index (χ1n) is 9.89. The van der Waals surface area contributed by atoms with E-state index < -0.39 is 0 Å². The van der Waals surface area contributed by atoms with Crippen LogP contribution in [-0.2, 0) is 5.75 Å². The Kier molecular flexibility index (Phi) is 4.68. The molecule has 4 nitrogen and oxygen atoms in total. The van der Waals surface area contributed by atoms with Crippen molar-refractivity contribution in [2.45, 2.75) is 24.8 Å². The number of nitrogens with zero attached hydrogens (tertiary/aromatic N) is 2. The molecule has 0 saturated heterocycles. The predicted octanol–water partition coefficient (Wildman–Crippen LogP) is 5.78. The summed E-state index contributed by atoms with van der Waals surface area (Å²) in [6.45, 7) is 4.15. The summed E-state index contributed by atoms with van der Waals surface area (Å²) in [4.78, 5) is 21.8. The van der Waals surface area contributed by atoms with Gasteiger partial charge in [-0.1, -0.05) is 71.9 Å². The van der Waals surface area contributed by atoms with Gasteiger partial charge >= 0.3 is 0 Å². The Morgan fingerprint density at radius 3 is 2.47 bits per heavy atom. The lowest BCUT2D eigenvalue weighted by Crippen LogP contribution is -2.21. The van der Waals surface area contributed by atoms with Crippen molar-refractivity contribution in [2.24, 2.45) is 0 Å². The third-order valence-electron chi connectivity index (χ3n) is 5.40. The highest BCUT2D eigenvalue weighted by Gasteiger charge is 2.17. The second-order valence-electron chi connectivity index (χ2n) is 7.48. The molecule has 0 atom stereocenters. The molecule has 0 aliphatic carbocycles. The summed E-state index contributed by atoms with van der Waals surface area (Å²) < 4.78 is 1.72. The molecule has 30 heavy (non-hydrogen) atoms. The second kappa shape index (κ2) is 7.50. The number of fused-ring (bicyclic) bond motifs is 3. The summed E-state index contributed by atoms with van der Waals surface area (Å²) in [6, 6.07) is 24.2. The van der Waals surface area contributed by atoms with Gasteiger partial charge in [-0.15, -0.1) is 0 Å². The molecule has 0 aliphatic heterocycles. The zero-order chi connectivity index (χ0) is 20.7. The maximum atomic E-state index is 13.6. The number of aromatic amines is 1. The Balaban J connectivity index is 1.72. The van der Waals surface area contributed by atoms with Gasteiger partial charge in [0, 0.05) is 16.7 Å². The molecule has 5 heteroatoms. The maximum Gasteiger partial charge on any atom is 0.283 e. The number of aryl methyl sites for hydroxylation is 2. The minimum absolute atomic E-state index is 0.0765. The average molecular weight is 412 g/mol. The number of hydrogen-bond donors (Lipinski definition) is 1. The predicted molar refractivity (Wildman–Crippen MR) is 125 cm³/mol. The fourth-order valence-corrected chi connectivity index (χ4v) is 4.76. The first-order chi connectivity index (χ1) is 14.6. The molecule has 3 aromatic carbocycles. The van der Waals surface area contributed by atoms with Crippen LogP contribution in [0.1, 0.15) is 16.7 Å². The highest BCUT2D eigenvalue weighted by Crippen LogP contribution is 2.28. The molecule has 2 heterocycles. The van der Waals surface area contributed by atoms with Crippen molar-refractivity contribution < 1.29 is 0 Å². The molecule has 0 amide bonds. The van der Waals surface area contributed by atoms with Crippen LogP contribution in [0.25, 0.3) is 27.6 Å². The molecule has 0 bridgehead atoms. The number of para-hydroxylation sites is 1. The number of thioether (sulfide) groups is 1. The number of benzene rings is 3. The van der Waals surface area contributed by atoms with Crippen molar-refractivity contribution in [1.82, 2.24) is 14.5 Å². The summed E-state index contributed by atoms with van der Waals surface area (Å²) in [5.74, 6) is 0.749. The van der Waals surface area contributed by atoms with Gasteiger partial charge in [0.1, 0.15) is 11.0 Å². The van der Waals surface area contributed by atoms with E-state index in [0.717, 1.165) is 33.4 Å². The van der Waals surface area contributed by atoms with E-state index in [9.17, 15) is 4.79 Å². The first-order valence-corrected chi connectivity index (χ1v) is 10.9. The van der Waals surface area contributed by atoms with Crippen LogP contribution in [0.5, 0.6) is 0 Å². The lowest BCUT2D eigenvalue weighted by atomic mass is 10.1. The standard InChI is InChI=1S/C25H21N3OS/c1-16-11-13-19(14-12-16)28-24(29)23-22(20-9-5-6-10-21(20)26-23)27-25(28)30-15-18-8-4-3-7-17(18)2/h3-14,26H,15H2,1-2H3. The van der Waals surface area contributed by atoms with Gasteiger partial charge in [-0.25, -0.2) is 4.98 Å². The number of aromatic nitrogens is 3. The van der Waals surface area contributed by atoms with Gasteiger partial charge in [-0.2, -0.15) is 0 Å². The lowest BCUT2D eigenvalue weighted by Gasteiger charge is -2.13. The Hall–Kier alpha value is -3.31.